The van der Waals surface area contributed by atoms with E-state index in [9.17, 15) is 9.59 Å². The van der Waals surface area contributed by atoms with Crippen molar-refractivity contribution in [1.82, 2.24) is 5.32 Å². The molecular formula is C7H13N3O2. The molecule has 0 aromatic rings. The van der Waals surface area contributed by atoms with Crippen molar-refractivity contribution in [3.63, 3.8) is 0 Å². The van der Waals surface area contributed by atoms with Gasteiger partial charge in [-0.15, -0.1) is 6.58 Å². The van der Waals surface area contributed by atoms with Gasteiger partial charge in [0.15, 0.2) is 0 Å². The van der Waals surface area contributed by atoms with Gasteiger partial charge in [0.25, 0.3) is 0 Å². The van der Waals surface area contributed by atoms with Crippen LogP contribution in [0.2, 0.25) is 0 Å². The van der Waals surface area contributed by atoms with Gasteiger partial charge >= 0.3 is 0 Å². The third kappa shape index (κ3) is 4.45. The number of nitrogens with two attached hydrogens (primary N) is 2. The Kier molecular flexibility index (Phi) is 4.71. The van der Waals surface area contributed by atoms with Crippen LogP contribution in [0.3, 0.4) is 0 Å². The molecule has 1 atom stereocenters. The Balaban J connectivity index is 3.71. The summed E-state index contributed by atoms with van der Waals surface area (Å²) in [6, 6.07) is -0.651. The number of rotatable bonds is 5. The van der Waals surface area contributed by atoms with E-state index in [1.54, 1.807) is 0 Å². The number of hydrogen-bond acceptors (Lipinski definition) is 3. The second-order valence-corrected chi connectivity index (χ2v) is 2.31. The highest BCUT2D eigenvalue weighted by atomic mass is 16.2. The molecule has 12 heavy (non-hydrogen) atoms. The first kappa shape index (κ1) is 10.6. The van der Waals surface area contributed by atoms with Gasteiger partial charge in [-0.3, -0.25) is 9.59 Å². The molecule has 0 aromatic heterocycles. The van der Waals surface area contributed by atoms with E-state index in [4.69, 9.17) is 11.5 Å². The summed E-state index contributed by atoms with van der Waals surface area (Å²) in [6.07, 6.45) is 1.92. The molecule has 0 spiro atoms. The van der Waals surface area contributed by atoms with Crippen LogP contribution in [0.15, 0.2) is 12.7 Å². The van der Waals surface area contributed by atoms with Gasteiger partial charge in [0.05, 0.1) is 12.6 Å². The molecule has 0 saturated carbocycles. The lowest BCUT2D eigenvalue weighted by Gasteiger charge is -2.07. The van der Waals surface area contributed by atoms with E-state index in [1.807, 2.05) is 0 Å². The standard InChI is InChI=1S/C7H13N3O2/c1-2-3-5(8)7(12)10-4-6(9)11/h2,5H,1,3-4,8H2,(H2,9,11)(H,10,12). The summed E-state index contributed by atoms with van der Waals surface area (Å²) >= 11 is 0. The molecule has 1 unspecified atom stereocenters. The summed E-state index contributed by atoms with van der Waals surface area (Å²) in [6.45, 7) is 3.25. The van der Waals surface area contributed by atoms with Crippen LogP contribution in [0.5, 0.6) is 0 Å². The molecule has 0 aromatic carbocycles. The molecule has 0 aliphatic carbocycles. The lowest BCUT2D eigenvalue weighted by atomic mass is 10.2. The van der Waals surface area contributed by atoms with Gasteiger partial charge in [0.2, 0.25) is 11.8 Å². The Bertz CT molecular complexity index is 191. The van der Waals surface area contributed by atoms with Gasteiger partial charge in [-0.05, 0) is 6.42 Å². The molecule has 0 saturated heterocycles. The summed E-state index contributed by atoms with van der Waals surface area (Å²) < 4.78 is 0. The first-order chi connectivity index (χ1) is 5.57. The van der Waals surface area contributed by atoms with Crippen molar-refractivity contribution in [2.45, 2.75) is 12.5 Å². The van der Waals surface area contributed by atoms with Gasteiger partial charge in [-0.2, -0.15) is 0 Å². The van der Waals surface area contributed by atoms with Crippen LogP contribution in [-0.2, 0) is 9.59 Å². The highest BCUT2D eigenvalue weighted by Gasteiger charge is 2.10. The molecule has 68 valence electrons. The van der Waals surface area contributed by atoms with Crippen LogP contribution in [0.25, 0.3) is 0 Å². The van der Waals surface area contributed by atoms with Crippen LogP contribution in [0.4, 0.5) is 0 Å². The summed E-state index contributed by atoms with van der Waals surface area (Å²) in [4.78, 5) is 21.2. The van der Waals surface area contributed by atoms with E-state index in [0.717, 1.165) is 0 Å². The van der Waals surface area contributed by atoms with E-state index in [-0.39, 0.29) is 6.54 Å². The minimum atomic E-state index is -0.651. The van der Waals surface area contributed by atoms with Gasteiger partial charge in [0, 0.05) is 0 Å². The number of hydrogen-bond donors (Lipinski definition) is 3. The minimum Gasteiger partial charge on any atom is -0.368 e. The van der Waals surface area contributed by atoms with Crippen LogP contribution >= 0.6 is 0 Å². The van der Waals surface area contributed by atoms with Crippen LogP contribution in [-0.4, -0.2) is 24.4 Å². The molecule has 5 N–H and O–H groups in total. The number of nitrogens with one attached hydrogen (secondary N) is 1. The average molecular weight is 171 g/mol. The first-order valence-corrected chi connectivity index (χ1v) is 3.50. The summed E-state index contributed by atoms with van der Waals surface area (Å²) in [5.41, 5.74) is 10.2. The summed E-state index contributed by atoms with van der Waals surface area (Å²) in [5.74, 6) is -0.983. The predicted octanol–water partition coefficient (Wildman–Crippen LogP) is -1.51. The lowest BCUT2D eigenvalue weighted by molar-refractivity contribution is -0.125. The van der Waals surface area contributed by atoms with E-state index in [2.05, 4.69) is 11.9 Å². The van der Waals surface area contributed by atoms with Crippen LogP contribution in [0, 0.1) is 0 Å². The van der Waals surface area contributed by atoms with Gasteiger partial charge < -0.3 is 16.8 Å². The fourth-order valence-electron chi connectivity index (χ4n) is 0.592. The van der Waals surface area contributed by atoms with Gasteiger partial charge in [-0.25, -0.2) is 0 Å². The summed E-state index contributed by atoms with van der Waals surface area (Å²) in [7, 11) is 0. The molecule has 5 heteroatoms. The van der Waals surface area contributed by atoms with E-state index < -0.39 is 17.9 Å². The first-order valence-electron chi connectivity index (χ1n) is 3.50. The molecule has 0 aliphatic heterocycles. The molecule has 0 heterocycles. The monoisotopic (exact) mass is 171 g/mol. The number of primary amides is 1. The maximum Gasteiger partial charge on any atom is 0.237 e. The zero-order valence-corrected chi connectivity index (χ0v) is 6.75. The summed E-state index contributed by atoms with van der Waals surface area (Å²) in [5, 5.41) is 2.28. The highest BCUT2D eigenvalue weighted by Crippen LogP contribution is 1.87. The number of carbonyl (C=O) groups is 2. The second-order valence-electron chi connectivity index (χ2n) is 2.31. The molecular weight excluding hydrogens is 158 g/mol. The largest absolute Gasteiger partial charge is 0.368 e. The Morgan fingerprint density at radius 2 is 2.17 bits per heavy atom. The minimum absolute atomic E-state index is 0.177. The van der Waals surface area contributed by atoms with Crippen molar-refractivity contribution >= 4 is 11.8 Å². The van der Waals surface area contributed by atoms with Gasteiger partial charge in [0.1, 0.15) is 0 Å². The maximum atomic E-state index is 10.9. The zero-order valence-electron chi connectivity index (χ0n) is 6.75. The molecule has 0 radical (unpaired) electrons. The Labute approximate surface area is 70.8 Å². The predicted molar refractivity (Wildman–Crippen MR) is 45.0 cm³/mol. The molecule has 0 fully saturated rings. The fourth-order valence-corrected chi connectivity index (χ4v) is 0.592. The normalized spacial score (nSPS) is 11.8. The van der Waals surface area contributed by atoms with Crippen LogP contribution in [0.1, 0.15) is 6.42 Å². The van der Waals surface area contributed by atoms with Gasteiger partial charge in [-0.1, -0.05) is 6.08 Å². The van der Waals surface area contributed by atoms with Crippen molar-refractivity contribution in [1.29, 1.82) is 0 Å². The third-order valence-electron chi connectivity index (χ3n) is 1.19. The molecule has 0 bridgehead atoms. The molecule has 2 amide bonds. The molecule has 5 nitrogen and oxygen atoms in total. The maximum absolute atomic E-state index is 10.9. The van der Waals surface area contributed by atoms with E-state index in [1.165, 1.54) is 6.08 Å². The Morgan fingerprint density at radius 1 is 1.58 bits per heavy atom. The van der Waals surface area contributed by atoms with Crippen molar-refractivity contribution in [2.24, 2.45) is 11.5 Å². The quantitative estimate of drug-likeness (QED) is 0.438. The lowest BCUT2D eigenvalue weighted by Crippen LogP contribution is -2.43. The van der Waals surface area contributed by atoms with Crippen molar-refractivity contribution < 1.29 is 9.59 Å². The third-order valence-corrected chi connectivity index (χ3v) is 1.19. The average Bonchev–Trinajstić information content (AvgIpc) is 2.00. The smallest absolute Gasteiger partial charge is 0.237 e. The second kappa shape index (κ2) is 5.31. The van der Waals surface area contributed by atoms with Crippen LogP contribution < -0.4 is 16.8 Å². The van der Waals surface area contributed by atoms with E-state index >= 15 is 0 Å². The fraction of sp³-hybridized carbons (Fsp3) is 0.429. The Morgan fingerprint density at radius 3 is 2.58 bits per heavy atom. The molecule has 0 aliphatic rings. The number of amides is 2. The SMILES string of the molecule is C=CCC(N)C(=O)NCC(N)=O. The highest BCUT2D eigenvalue weighted by molar-refractivity contribution is 5.86. The van der Waals surface area contributed by atoms with Crippen molar-refractivity contribution in [2.75, 3.05) is 6.54 Å². The number of carbonyl (C=O) groups excluding carboxylic acids is 2. The topological polar surface area (TPSA) is 98.2 Å². The Hall–Kier alpha value is -1.36. The molecule has 0 rings (SSSR count). The zero-order chi connectivity index (χ0) is 9.56. The van der Waals surface area contributed by atoms with Crippen molar-refractivity contribution in [3.05, 3.63) is 12.7 Å². The van der Waals surface area contributed by atoms with E-state index in [0.29, 0.717) is 6.42 Å². The van der Waals surface area contributed by atoms with Crippen molar-refractivity contribution in [3.8, 4) is 0 Å².